The van der Waals surface area contributed by atoms with Crippen LogP contribution in [0.3, 0.4) is 0 Å². The highest BCUT2D eigenvalue weighted by molar-refractivity contribution is 7.89. The number of aromatic nitrogens is 1. The van der Waals surface area contributed by atoms with Crippen molar-refractivity contribution in [1.29, 1.82) is 0 Å². The van der Waals surface area contributed by atoms with Gasteiger partial charge in [0.05, 0.1) is 17.7 Å². The number of thiazole rings is 1. The topological polar surface area (TPSA) is 50.3 Å². The molecule has 4 nitrogen and oxygen atoms in total. The number of rotatable bonds is 4. The monoisotopic (exact) mass is 320 g/mol. The number of hydrogen-bond acceptors (Lipinski definition) is 4. The molecule has 0 spiro atoms. The molecule has 0 radical (unpaired) electrons. The summed E-state index contributed by atoms with van der Waals surface area (Å²) in [6, 6.07) is 3.48. The van der Waals surface area contributed by atoms with Crippen LogP contribution in [0.4, 0.5) is 4.39 Å². The van der Waals surface area contributed by atoms with E-state index in [-0.39, 0.29) is 11.6 Å². The summed E-state index contributed by atoms with van der Waals surface area (Å²) in [6.07, 6.45) is 0. The molecule has 0 saturated carbocycles. The number of benzene rings is 1. The third-order valence-electron chi connectivity index (χ3n) is 2.45. The highest BCUT2D eigenvalue weighted by Crippen LogP contribution is 2.22. The Labute approximate surface area is 119 Å². The molecule has 1 aromatic heterocycles. The van der Waals surface area contributed by atoms with E-state index in [1.807, 2.05) is 0 Å². The highest BCUT2D eigenvalue weighted by Gasteiger charge is 2.25. The van der Waals surface area contributed by atoms with Crippen LogP contribution in [0.25, 0.3) is 0 Å². The van der Waals surface area contributed by atoms with Crippen LogP contribution in [0.1, 0.15) is 5.69 Å². The molecule has 2 rings (SSSR count). The SMILES string of the molecule is CN(Cc1cscn1)S(=O)(=O)c1ccc(Cl)cc1F. The van der Waals surface area contributed by atoms with E-state index in [1.165, 1.54) is 24.5 Å². The average molecular weight is 321 g/mol. The van der Waals surface area contributed by atoms with Gasteiger partial charge in [-0.25, -0.2) is 17.8 Å². The Bertz CT molecular complexity index is 674. The van der Waals surface area contributed by atoms with Gasteiger partial charge in [-0.2, -0.15) is 4.31 Å². The van der Waals surface area contributed by atoms with E-state index in [0.717, 1.165) is 16.4 Å². The predicted molar refractivity (Wildman–Crippen MR) is 72.2 cm³/mol. The second kappa shape index (κ2) is 5.54. The minimum absolute atomic E-state index is 0.0912. The molecule has 0 aliphatic carbocycles. The molecule has 1 heterocycles. The smallest absolute Gasteiger partial charge is 0.246 e. The molecule has 102 valence electrons. The molecule has 8 heteroatoms. The van der Waals surface area contributed by atoms with E-state index < -0.39 is 20.7 Å². The van der Waals surface area contributed by atoms with E-state index in [1.54, 1.807) is 10.9 Å². The molecule has 0 N–H and O–H groups in total. The first-order valence-corrected chi connectivity index (χ1v) is 7.96. The summed E-state index contributed by atoms with van der Waals surface area (Å²) in [7, 11) is -2.52. The van der Waals surface area contributed by atoms with Crippen molar-refractivity contribution in [3.8, 4) is 0 Å². The van der Waals surface area contributed by atoms with Crippen LogP contribution in [0.2, 0.25) is 5.02 Å². The number of sulfonamides is 1. The van der Waals surface area contributed by atoms with Crippen molar-refractivity contribution in [2.75, 3.05) is 7.05 Å². The normalized spacial score (nSPS) is 12.0. The van der Waals surface area contributed by atoms with Crippen molar-refractivity contribution >= 4 is 33.0 Å². The van der Waals surface area contributed by atoms with E-state index >= 15 is 0 Å². The molecule has 19 heavy (non-hydrogen) atoms. The van der Waals surface area contributed by atoms with Crippen LogP contribution >= 0.6 is 22.9 Å². The van der Waals surface area contributed by atoms with Crippen molar-refractivity contribution in [3.63, 3.8) is 0 Å². The van der Waals surface area contributed by atoms with Gasteiger partial charge in [0.25, 0.3) is 0 Å². The summed E-state index contributed by atoms with van der Waals surface area (Å²) < 4.78 is 39.1. The van der Waals surface area contributed by atoms with Gasteiger partial charge >= 0.3 is 0 Å². The van der Waals surface area contributed by atoms with Gasteiger partial charge in [-0.3, -0.25) is 0 Å². The largest absolute Gasteiger partial charge is 0.248 e. The zero-order valence-electron chi connectivity index (χ0n) is 9.88. The van der Waals surface area contributed by atoms with E-state index in [0.29, 0.717) is 5.69 Å². The van der Waals surface area contributed by atoms with Crippen molar-refractivity contribution in [2.45, 2.75) is 11.4 Å². The molecule has 0 saturated heterocycles. The standard InChI is InChI=1S/C11H10ClFN2O2S2/c1-15(5-9-6-18-7-14-9)19(16,17)11-3-2-8(12)4-10(11)13/h2-4,6-7H,5H2,1H3. The molecule has 0 atom stereocenters. The Morgan fingerprint density at radius 1 is 1.47 bits per heavy atom. The summed E-state index contributed by atoms with van der Waals surface area (Å²) in [5.41, 5.74) is 2.23. The Hall–Kier alpha value is -1.02. The van der Waals surface area contributed by atoms with E-state index in [2.05, 4.69) is 4.98 Å². The molecule has 2 aromatic rings. The molecule has 0 aliphatic heterocycles. The lowest BCUT2D eigenvalue weighted by Gasteiger charge is -2.16. The first-order chi connectivity index (χ1) is 8.91. The zero-order valence-corrected chi connectivity index (χ0v) is 12.3. The van der Waals surface area contributed by atoms with Crippen molar-refractivity contribution in [1.82, 2.24) is 9.29 Å². The van der Waals surface area contributed by atoms with Crippen LogP contribution in [0.5, 0.6) is 0 Å². The van der Waals surface area contributed by atoms with Gasteiger partial charge in [0, 0.05) is 17.5 Å². The summed E-state index contributed by atoms with van der Waals surface area (Å²) in [6.45, 7) is 0.0912. The van der Waals surface area contributed by atoms with Crippen molar-refractivity contribution in [2.24, 2.45) is 0 Å². The Morgan fingerprint density at radius 3 is 2.79 bits per heavy atom. The van der Waals surface area contributed by atoms with Crippen LogP contribution < -0.4 is 0 Å². The summed E-state index contributed by atoms with van der Waals surface area (Å²) in [4.78, 5) is 3.60. The highest BCUT2D eigenvalue weighted by atomic mass is 35.5. The average Bonchev–Trinajstić information content (AvgIpc) is 2.81. The second-order valence-electron chi connectivity index (χ2n) is 3.82. The molecular weight excluding hydrogens is 311 g/mol. The quantitative estimate of drug-likeness (QED) is 0.870. The maximum atomic E-state index is 13.7. The number of halogens is 2. The van der Waals surface area contributed by atoms with Gasteiger partial charge in [0.1, 0.15) is 10.7 Å². The summed E-state index contributed by atoms with van der Waals surface area (Å²) in [5, 5.41) is 1.89. The first kappa shape index (κ1) is 14.4. The third-order valence-corrected chi connectivity index (χ3v) is 5.16. The molecule has 0 fully saturated rings. The predicted octanol–water partition coefficient (Wildman–Crippen LogP) is 2.76. The summed E-state index contributed by atoms with van der Waals surface area (Å²) in [5.74, 6) is -0.863. The third kappa shape index (κ3) is 3.11. The number of hydrogen-bond donors (Lipinski definition) is 0. The maximum Gasteiger partial charge on any atom is 0.246 e. The Balaban J connectivity index is 2.31. The summed E-state index contributed by atoms with van der Waals surface area (Å²) >= 11 is 6.97. The molecular formula is C11H10ClFN2O2S2. The van der Waals surface area contributed by atoms with Gasteiger partial charge in [0.15, 0.2) is 0 Å². The molecule has 0 aliphatic rings. The minimum atomic E-state index is -3.90. The maximum absolute atomic E-state index is 13.7. The van der Waals surface area contributed by atoms with Crippen molar-refractivity contribution < 1.29 is 12.8 Å². The van der Waals surface area contributed by atoms with Gasteiger partial charge in [-0.15, -0.1) is 11.3 Å². The minimum Gasteiger partial charge on any atom is -0.248 e. The molecule has 0 bridgehead atoms. The zero-order chi connectivity index (χ0) is 14.0. The fourth-order valence-electron chi connectivity index (χ4n) is 1.48. The van der Waals surface area contributed by atoms with Crippen LogP contribution in [-0.4, -0.2) is 24.8 Å². The van der Waals surface area contributed by atoms with Gasteiger partial charge in [0.2, 0.25) is 10.0 Å². The first-order valence-electron chi connectivity index (χ1n) is 5.19. The molecule has 1 aromatic carbocycles. The lowest BCUT2D eigenvalue weighted by Crippen LogP contribution is -2.27. The van der Waals surface area contributed by atoms with E-state index in [4.69, 9.17) is 11.6 Å². The van der Waals surface area contributed by atoms with Gasteiger partial charge in [-0.1, -0.05) is 11.6 Å². The number of nitrogens with zero attached hydrogens (tertiary/aromatic N) is 2. The van der Waals surface area contributed by atoms with Gasteiger partial charge < -0.3 is 0 Å². The second-order valence-corrected chi connectivity index (χ2v) is 6.98. The van der Waals surface area contributed by atoms with Crippen molar-refractivity contribution in [3.05, 3.63) is 45.6 Å². The van der Waals surface area contributed by atoms with Crippen LogP contribution in [-0.2, 0) is 16.6 Å². The van der Waals surface area contributed by atoms with Crippen LogP contribution in [0.15, 0.2) is 34.0 Å². The Morgan fingerprint density at radius 2 is 2.21 bits per heavy atom. The van der Waals surface area contributed by atoms with E-state index in [9.17, 15) is 12.8 Å². The lowest BCUT2D eigenvalue weighted by atomic mass is 10.3. The molecule has 0 amide bonds. The van der Waals surface area contributed by atoms with Crippen LogP contribution in [0, 0.1) is 5.82 Å². The van der Waals surface area contributed by atoms with Gasteiger partial charge in [-0.05, 0) is 18.2 Å². The lowest BCUT2D eigenvalue weighted by molar-refractivity contribution is 0.456. The fourth-order valence-corrected chi connectivity index (χ4v) is 3.37. The molecule has 0 unspecified atom stereocenters. The Kier molecular flexibility index (Phi) is 4.19. The fraction of sp³-hybridized carbons (Fsp3) is 0.182.